The minimum absolute atomic E-state index is 0.127. The Kier molecular flexibility index (Phi) is 7.23. The second-order valence-electron chi connectivity index (χ2n) is 11.4. The number of benzene rings is 1. The molecule has 11 heteroatoms. The van der Waals surface area contributed by atoms with Crippen molar-refractivity contribution in [1.82, 2.24) is 25.0 Å². The van der Waals surface area contributed by atoms with Crippen molar-refractivity contribution in [1.29, 1.82) is 0 Å². The van der Waals surface area contributed by atoms with E-state index >= 15 is 0 Å². The van der Waals surface area contributed by atoms with Gasteiger partial charge in [-0.1, -0.05) is 36.0 Å². The summed E-state index contributed by atoms with van der Waals surface area (Å²) in [6, 6.07) is 10.5. The molecule has 3 unspecified atom stereocenters. The molecule has 0 amide bonds. The Morgan fingerprint density at radius 2 is 1.90 bits per heavy atom. The number of fused-ring (bicyclic) bond motifs is 1. The fraction of sp³-hybridized carbons (Fsp3) is 0.467. The molecule has 3 fully saturated rings. The van der Waals surface area contributed by atoms with E-state index in [1.165, 1.54) is 12.8 Å². The topological polar surface area (TPSA) is 104 Å². The van der Waals surface area contributed by atoms with Crippen molar-refractivity contribution in [2.75, 3.05) is 18.1 Å². The smallest absolute Gasteiger partial charge is 0.151 e. The zero-order valence-electron chi connectivity index (χ0n) is 22.9. The van der Waals surface area contributed by atoms with Crippen LogP contribution in [0.1, 0.15) is 63.3 Å². The van der Waals surface area contributed by atoms with E-state index in [0.29, 0.717) is 33.1 Å². The van der Waals surface area contributed by atoms with E-state index in [1.807, 2.05) is 41.9 Å². The number of halogens is 2. The SMILES string of the molecule is C[C@@H](Oc1ccc2c(c1)c(-c1ccc(N3CC(N)C3CC3CC3)nn1)nn2C1CCCCO1)c1c(Cl)cncc1Cl. The molecule has 41 heavy (non-hydrogen) atoms. The summed E-state index contributed by atoms with van der Waals surface area (Å²) in [4.78, 5) is 6.34. The van der Waals surface area contributed by atoms with Crippen molar-refractivity contribution in [2.45, 2.75) is 69.9 Å². The Hall–Kier alpha value is -2.98. The normalized spacial score (nSPS) is 23.4. The highest BCUT2D eigenvalue weighted by molar-refractivity contribution is 6.35. The summed E-state index contributed by atoms with van der Waals surface area (Å²) in [5, 5.41) is 16.1. The van der Waals surface area contributed by atoms with Crippen LogP contribution in [0.15, 0.2) is 42.7 Å². The summed E-state index contributed by atoms with van der Waals surface area (Å²) >= 11 is 12.8. The van der Waals surface area contributed by atoms with E-state index in [0.717, 1.165) is 67.2 Å². The minimum atomic E-state index is -0.388. The van der Waals surface area contributed by atoms with Crippen LogP contribution in [0.25, 0.3) is 22.3 Å². The Morgan fingerprint density at radius 3 is 2.59 bits per heavy atom. The summed E-state index contributed by atoms with van der Waals surface area (Å²) in [6.07, 6.45) is 9.47. The van der Waals surface area contributed by atoms with Crippen LogP contribution in [0, 0.1) is 5.92 Å². The summed E-state index contributed by atoms with van der Waals surface area (Å²) in [6.45, 7) is 3.45. The molecule has 2 N–H and O–H groups in total. The van der Waals surface area contributed by atoms with Crippen molar-refractivity contribution in [3.8, 4) is 17.1 Å². The first-order valence-corrected chi connectivity index (χ1v) is 15.2. The molecule has 1 saturated carbocycles. The molecule has 0 spiro atoms. The molecule has 1 aromatic carbocycles. The lowest BCUT2D eigenvalue weighted by Crippen LogP contribution is -2.64. The lowest BCUT2D eigenvalue weighted by molar-refractivity contribution is -0.0365. The van der Waals surface area contributed by atoms with E-state index in [2.05, 4.69) is 20.1 Å². The predicted molar refractivity (Wildman–Crippen MR) is 159 cm³/mol. The minimum Gasteiger partial charge on any atom is -0.486 e. The van der Waals surface area contributed by atoms with Crippen LogP contribution in [-0.4, -0.2) is 50.2 Å². The van der Waals surface area contributed by atoms with Crippen LogP contribution < -0.4 is 15.4 Å². The molecule has 5 heterocycles. The third kappa shape index (κ3) is 5.25. The summed E-state index contributed by atoms with van der Waals surface area (Å²) in [7, 11) is 0. The van der Waals surface area contributed by atoms with Gasteiger partial charge in [0, 0.05) is 48.6 Å². The maximum absolute atomic E-state index is 6.39. The average molecular weight is 595 g/mol. The number of nitrogens with two attached hydrogens (primary N) is 1. The first kappa shape index (κ1) is 26.9. The number of nitrogens with zero attached hydrogens (tertiary/aromatic N) is 6. The van der Waals surface area contributed by atoms with Crippen LogP contribution in [0.2, 0.25) is 10.0 Å². The number of pyridine rings is 1. The van der Waals surface area contributed by atoms with Crippen LogP contribution >= 0.6 is 23.2 Å². The van der Waals surface area contributed by atoms with E-state index < -0.39 is 0 Å². The maximum atomic E-state index is 6.39. The fourth-order valence-electron chi connectivity index (χ4n) is 6.03. The molecule has 9 nitrogen and oxygen atoms in total. The predicted octanol–water partition coefficient (Wildman–Crippen LogP) is 6.35. The monoisotopic (exact) mass is 593 g/mol. The molecule has 4 atom stereocenters. The standard InChI is InChI=1S/C30H33Cl2N7O2/c1-17(29-21(31)14-34-15-22(29)32)41-19-7-9-25-20(13-19)30(37-39(25)28-4-2-3-11-40-28)24-8-10-27(36-35-24)38-16-23(33)26(38)12-18-5-6-18/h7-10,13-15,17-18,23,26,28H,2-6,11-12,16,33H2,1H3/t17-,23?,26?,28?/m1/s1. The van der Waals surface area contributed by atoms with Crippen molar-refractivity contribution < 1.29 is 9.47 Å². The zero-order valence-corrected chi connectivity index (χ0v) is 24.4. The van der Waals surface area contributed by atoms with E-state index in [9.17, 15) is 0 Å². The van der Waals surface area contributed by atoms with Crippen LogP contribution in [0.4, 0.5) is 5.82 Å². The highest BCUT2D eigenvalue weighted by Gasteiger charge is 2.40. The quantitative estimate of drug-likeness (QED) is 0.252. The highest BCUT2D eigenvalue weighted by Crippen LogP contribution is 2.40. The van der Waals surface area contributed by atoms with Gasteiger partial charge in [-0.2, -0.15) is 5.10 Å². The number of hydrogen-bond donors (Lipinski definition) is 1. The molecule has 0 bridgehead atoms. The van der Waals surface area contributed by atoms with Gasteiger partial charge < -0.3 is 20.1 Å². The van der Waals surface area contributed by atoms with Crippen molar-refractivity contribution >= 4 is 39.9 Å². The Morgan fingerprint density at radius 1 is 1.07 bits per heavy atom. The second-order valence-corrected chi connectivity index (χ2v) is 12.2. The summed E-state index contributed by atoms with van der Waals surface area (Å²) < 4.78 is 14.4. The van der Waals surface area contributed by atoms with Gasteiger partial charge in [-0.25, -0.2) is 4.68 Å². The van der Waals surface area contributed by atoms with Gasteiger partial charge in [0.1, 0.15) is 23.2 Å². The van der Waals surface area contributed by atoms with Crippen LogP contribution in [0.5, 0.6) is 5.75 Å². The molecular formula is C30H33Cl2N7O2. The third-order valence-corrected chi connectivity index (χ3v) is 9.08. The number of aromatic nitrogens is 5. The first-order chi connectivity index (χ1) is 20.0. The molecule has 2 saturated heterocycles. The highest BCUT2D eigenvalue weighted by atomic mass is 35.5. The van der Waals surface area contributed by atoms with E-state index in [1.54, 1.807) is 12.4 Å². The molecular weight excluding hydrogens is 561 g/mol. The molecule has 214 valence electrons. The zero-order chi connectivity index (χ0) is 28.1. The van der Waals surface area contributed by atoms with E-state index in [4.69, 9.17) is 43.5 Å². The summed E-state index contributed by atoms with van der Waals surface area (Å²) in [5.41, 5.74) is 9.43. The van der Waals surface area contributed by atoms with Gasteiger partial charge in [0.25, 0.3) is 0 Å². The molecule has 7 rings (SSSR count). The van der Waals surface area contributed by atoms with Gasteiger partial charge >= 0.3 is 0 Å². The third-order valence-electron chi connectivity index (χ3n) is 8.48. The molecule has 1 aliphatic carbocycles. The lowest BCUT2D eigenvalue weighted by atomic mass is 9.92. The molecule has 3 aliphatic rings. The average Bonchev–Trinajstić information content (AvgIpc) is 3.73. The Balaban J connectivity index is 1.22. The molecule has 3 aromatic heterocycles. The van der Waals surface area contributed by atoms with Gasteiger partial charge in [-0.05, 0) is 68.9 Å². The number of rotatable bonds is 8. The van der Waals surface area contributed by atoms with E-state index in [-0.39, 0.29) is 18.4 Å². The van der Waals surface area contributed by atoms with Gasteiger partial charge in [0.2, 0.25) is 0 Å². The van der Waals surface area contributed by atoms with Gasteiger partial charge in [-0.3, -0.25) is 4.98 Å². The van der Waals surface area contributed by atoms with Crippen molar-refractivity contribution in [3.05, 3.63) is 58.3 Å². The largest absolute Gasteiger partial charge is 0.486 e. The lowest BCUT2D eigenvalue weighted by Gasteiger charge is -2.47. The van der Waals surface area contributed by atoms with Crippen LogP contribution in [-0.2, 0) is 4.74 Å². The van der Waals surface area contributed by atoms with Gasteiger partial charge in [0.15, 0.2) is 12.0 Å². The van der Waals surface area contributed by atoms with Crippen molar-refractivity contribution in [3.63, 3.8) is 0 Å². The first-order valence-electron chi connectivity index (χ1n) is 14.4. The number of anilines is 1. The number of hydrogen-bond acceptors (Lipinski definition) is 8. The molecule has 0 radical (unpaired) electrons. The Labute approximate surface area is 248 Å². The molecule has 4 aromatic rings. The number of ether oxygens (including phenoxy) is 2. The maximum Gasteiger partial charge on any atom is 0.151 e. The molecule has 2 aliphatic heterocycles. The summed E-state index contributed by atoms with van der Waals surface area (Å²) in [5.74, 6) is 2.34. The van der Waals surface area contributed by atoms with Crippen molar-refractivity contribution in [2.24, 2.45) is 11.7 Å². The van der Waals surface area contributed by atoms with Gasteiger partial charge in [-0.15, -0.1) is 10.2 Å². The second kappa shape index (κ2) is 11.0. The van der Waals surface area contributed by atoms with Crippen LogP contribution in [0.3, 0.4) is 0 Å². The van der Waals surface area contributed by atoms with Gasteiger partial charge in [0.05, 0.1) is 15.6 Å². The fourth-order valence-corrected chi connectivity index (χ4v) is 6.71. The Bertz CT molecular complexity index is 1530.